The minimum atomic E-state index is -0.315. The summed E-state index contributed by atoms with van der Waals surface area (Å²) in [5, 5.41) is 0. The topological polar surface area (TPSA) is 38.8 Å². The summed E-state index contributed by atoms with van der Waals surface area (Å²) in [5.41, 5.74) is 3.40. The number of ether oxygens (including phenoxy) is 2. The van der Waals surface area contributed by atoms with Crippen molar-refractivity contribution in [3.8, 4) is 0 Å². The molecular formula is C28H31NO3. The summed E-state index contributed by atoms with van der Waals surface area (Å²) in [6.07, 6.45) is -0.00904. The Morgan fingerprint density at radius 1 is 0.781 bits per heavy atom. The van der Waals surface area contributed by atoms with E-state index in [4.69, 9.17) is 9.47 Å². The minimum absolute atomic E-state index is 0.178. The van der Waals surface area contributed by atoms with Gasteiger partial charge in [-0.1, -0.05) is 97.9 Å². The van der Waals surface area contributed by atoms with Crippen LogP contribution in [0.2, 0.25) is 0 Å². The van der Waals surface area contributed by atoms with E-state index in [0.29, 0.717) is 32.7 Å². The van der Waals surface area contributed by atoms with Gasteiger partial charge in [-0.15, -0.1) is 0 Å². The Hall–Kier alpha value is -2.79. The molecule has 4 heteroatoms. The van der Waals surface area contributed by atoms with Gasteiger partial charge in [-0.05, 0) is 16.7 Å². The van der Waals surface area contributed by atoms with E-state index in [9.17, 15) is 4.79 Å². The number of likely N-dealkylation sites (tertiary alicyclic amines) is 1. The highest BCUT2D eigenvalue weighted by molar-refractivity contribution is 5.85. The van der Waals surface area contributed by atoms with Gasteiger partial charge in [-0.25, -0.2) is 0 Å². The summed E-state index contributed by atoms with van der Waals surface area (Å²) >= 11 is 0. The number of nitrogens with zero attached hydrogens (tertiary/aromatic N) is 1. The van der Waals surface area contributed by atoms with Gasteiger partial charge in [0.05, 0.1) is 25.4 Å². The first kappa shape index (κ1) is 22.4. The molecule has 0 N–H and O–H groups in total. The number of hydrogen-bond donors (Lipinski definition) is 0. The second kappa shape index (κ2) is 11.2. The van der Waals surface area contributed by atoms with E-state index in [1.807, 2.05) is 73.7 Å². The van der Waals surface area contributed by atoms with Gasteiger partial charge in [-0.3, -0.25) is 9.69 Å². The number of hydrogen-bond acceptors (Lipinski definition) is 4. The van der Waals surface area contributed by atoms with Gasteiger partial charge in [0.1, 0.15) is 6.10 Å². The van der Waals surface area contributed by atoms with Gasteiger partial charge < -0.3 is 9.47 Å². The number of ketones is 1. The second-order valence-electron chi connectivity index (χ2n) is 8.28. The highest BCUT2D eigenvalue weighted by atomic mass is 16.5. The average molecular weight is 430 g/mol. The molecule has 166 valence electrons. The lowest BCUT2D eigenvalue weighted by atomic mass is 10.0. The third kappa shape index (κ3) is 5.71. The zero-order chi connectivity index (χ0) is 22.2. The molecule has 3 aromatic rings. The molecule has 1 heterocycles. The molecule has 3 atom stereocenters. The predicted molar refractivity (Wildman–Crippen MR) is 126 cm³/mol. The van der Waals surface area contributed by atoms with Crippen LogP contribution < -0.4 is 0 Å². The Bertz CT molecular complexity index is 962. The van der Waals surface area contributed by atoms with Crippen LogP contribution in [0.15, 0.2) is 91.0 Å². The Morgan fingerprint density at radius 2 is 1.28 bits per heavy atom. The molecular weight excluding hydrogens is 398 g/mol. The first-order valence-electron chi connectivity index (χ1n) is 11.4. The van der Waals surface area contributed by atoms with Crippen LogP contribution in [0.4, 0.5) is 0 Å². The van der Waals surface area contributed by atoms with E-state index in [2.05, 4.69) is 29.2 Å². The first-order chi connectivity index (χ1) is 15.7. The zero-order valence-corrected chi connectivity index (χ0v) is 18.6. The van der Waals surface area contributed by atoms with Crippen molar-refractivity contribution in [1.29, 1.82) is 0 Å². The summed E-state index contributed by atoms with van der Waals surface area (Å²) in [7, 11) is 0. The Kier molecular flexibility index (Phi) is 7.83. The number of carbonyl (C=O) groups excluding carboxylic acids is 1. The molecule has 0 aliphatic carbocycles. The molecule has 3 aromatic carbocycles. The van der Waals surface area contributed by atoms with E-state index in [1.54, 1.807) is 0 Å². The van der Waals surface area contributed by atoms with E-state index < -0.39 is 0 Å². The number of carbonyl (C=O) groups is 1. The third-order valence-corrected chi connectivity index (χ3v) is 5.98. The van der Waals surface area contributed by atoms with Crippen molar-refractivity contribution in [3.05, 3.63) is 108 Å². The molecule has 32 heavy (non-hydrogen) atoms. The van der Waals surface area contributed by atoms with Crippen molar-refractivity contribution >= 4 is 5.78 Å². The van der Waals surface area contributed by atoms with Gasteiger partial charge in [0.2, 0.25) is 0 Å². The van der Waals surface area contributed by atoms with Crippen LogP contribution >= 0.6 is 0 Å². The Labute approximate surface area is 190 Å². The van der Waals surface area contributed by atoms with Crippen LogP contribution in [0.1, 0.15) is 30.0 Å². The van der Waals surface area contributed by atoms with Crippen LogP contribution in [0, 0.1) is 0 Å². The number of benzene rings is 3. The summed E-state index contributed by atoms with van der Waals surface area (Å²) < 4.78 is 12.8. The van der Waals surface area contributed by atoms with Gasteiger partial charge in [0, 0.05) is 19.5 Å². The monoisotopic (exact) mass is 429 g/mol. The summed E-state index contributed by atoms with van der Waals surface area (Å²) in [5.74, 6) is 0.199. The van der Waals surface area contributed by atoms with Crippen LogP contribution in [0.25, 0.3) is 0 Å². The lowest BCUT2D eigenvalue weighted by Crippen LogP contribution is -2.43. The lowest BCUT2D eigenvalue weighted by Gasteiger charge is -2.27. The molecule has 0 bridgehead atoms. The second-order valence-corrected chi connectivity index (χ2v) is 8.28. The fourth-order valence-corrected chi connectivity index (χ4v) is 4.33. The molecule has 1 saturated heterocycles. The molecule has 1 aliphatic heterocycles. The van der Waals surface area contributed by atoms with E-state index in [-0.39, 0.29) is 24.0 Å². The van der Waals surface area contributed by atoms with Crippen molar-refractivity contribution in [3.63, 3.8) is 0 Å². The molecule has 1 unspecified atom stereocenters. The maximum atomic E-state index is 13.1. The van der Waals surface area contributed by atoms with Gasteiger partial charge in [0.25, 0.3) is 0 Å². The standard InChI is InChI=1S/C28H31NO3/c1-2-25(30)27-28(32-21-24-16-10-5-11-17-24)26(31-20-23-14-8-4-9-15-23)19-29(27)18-22-12-6-3-7-13-22/h3-17,26-28H,2,18-21H2,1H3/t26-,27?,28+/m1/s1. The first-order valence-corrected chi connectivity index (χ1v) is 11.4. The quantitative estimate of drug-likeness (QED) is 0.454. The minimum Gasteiger partial charge on any atom is -0.369 e. The molecule has 0 radical (unpaired) electrons. The van der Waals surface area contributed by atoms with Crippen molar-refractivity contribution in [2.24, 2.45) is 0 Å². The molecule has 1 fully saturated rings. The summed E-state index contributed by atoms with van der Waals surface area (Å²) in [6, 6.07) is 30.2. The Balaban J connectivity index is 1.54. The summed E-state index contributed by atoms with van der Waals surface area (Å²) in [4.78, 5) is 15.3. The van der Waals surface area contributed by atoms with Gasteiger partial charge in [0.15, 0.2) is 5.78 Å². The van der Waals surface area contributed by atoms with Crippen LogP contribution in [0.3, 0.4) is 0 Å². The van der Waals surface area contributed by atoms with E-state index >= 15 is 0 Å². The van der Waals surface area contributed by atoms with Crippen LogP contribution in [-0.2, 0) is 34.0 Å². The van der Waals surface area contributed by atoms with E-state index in [1.165, 1.54) is 5.56 Å². The third-order valence-electron chi connectivity index (χ3n) is 5.98. The average Bonchev–Trinajstić information content (AvgIpc) is 3.19. The van der Waals surface area contributed by atoms with Crippen molar-refractivity contribution in [2.75, 3.05) is 6.54 Å². The molecule has 0 spiro atoms. The van der Waals surface area contributed by atoms with Gasteiger partial charge >= 0.3 is 0 Å². The maximum Gasteiger partial charge on any atom is 0.152 e. The SMILES string of the molecule is CCC(=O)C1[C@@H](OCc2ccccc2)[C@H](OCc2ccccc2)CN1Cc1ccccc1. The maximum absolute atomic E-state index is 13.1. The fourth-order valence-electron chi connectivity index (χ4n) is 4.33. The predicted octanol–water partition coefficient (Wildman–Crippen LogP) is 5.02. The molecule has 4 nitrogen and oxygen atoms in total. The van der Waals surface area contributed by atoms with E-state index in [0.717, 1.165) is 11.1 Å². The fraction of sp³-hybridized carbons (Fsp3) is 0.321. The molecule has 4 rings (SSSR count). The zero-order valence-electron chi connectivity index (χ0n) is 18.6. The van der Waals surface area contributed by atoms with Gasteiger partial charge in [-0.2, -0.15) is 0 Å². The molecule has 1 aliphatic rings. The summed E-state index contributed by atoms with van der Waals surface area (Å²) in [6.45, 7) is 4.26. The lowest BCUT2D eigenvalue weighted by molar-refractivity contribution is -0.130. The van der Waals surface area contributed by atoms with Crippen LogP contribution in [0.5, 0.6) is 0 Å². The highest BCUT2D eigenvalue weighted by Crippen LogP contribution is 2.29. The smallest absolute Gasteiger partial charge is 0.152 e. The van der Waals surface area contributed by atoms with Crippen LogP contribution in [-0.4, -0.2) is 35.5 Å². The number of rotatable bonds is 10. The molecule has 0 amide bonds. The van der Waals surface area contributed by atoms with Crippen molar-refractivity contribution in [2.45, 2.75) is 51.4 Å². The molecule has 0 aromatic heterocycles. The Morgan fingerprint density at radius 3 is 1.81 bits per heavy atom. The van der Waals surface area contributed by atoms with Crippen molar-refractivity contribution in [1.82, 2.24) is 4.90 Å². The normalized spacial score (nSPS) is 21.0. The molecule has 0 saturated carbocycles. The largest absolute Gasteiger partial charge is 0.369 e. The van der Waals surface area contributed by atoms with Crippen molar-refractivity contribution < 1.29 is 14.3 Å². The highest BCUT2D eigenvalue weighted by Gasteiger charge is 2.46. The number of Topliss-reactive ketones (excluding diaryl/α,β-unsaturated/α-hetero) is 1.